The number of thiol groups is 1. The number of carbonyl (C=O) groups excluding carboxylic acids is 1. The Labute approximate surface area is 114 Å². The number of amides is 1. The van der Waals surface area contributed by atoms with E-state index in [2.05, 4.69) is 12.6 Å². The van der Waals surface area contributed by atoms with Gasteiger partial charge in [-0.2, -0.15) is 0 Å². The Kier molecular flexibility index (Phi) is 4.04. The monoisotopic (exact) mass is 281 g/mol. The quantitative estimate of drug-likeness (QED) is 0.847. The second kappa shape index (κ2) is 5.54. The maximum absolute atomic E-state index is 13.7. The van der Waals surface area contributed by atoms with Gasteiger partial charge < -0.3 is 4.90 Å². The third-order valence-electron chi connectivity index (χ3n) is 2.50. The molecule has 0 N–H and O–H groups in total. The number of carbonyl (C=O) groups is 1. The van der Waals surface area contributed by atoms with Gasteiger partial charge in [-0.1, -0.05) is 12.1 Å². The van der Waals surface area contributed by atoms with Gasteiger partial charge >= 0.3 is 0 Å². The Morgan fingerprint density at radius 3 is 2.72 bits per heavy atom. The number of hydrogen-bond donors (Lipinski definition) is 1. The van der Waals surface area contributed by atoms with Crippen molar-refractivity contribution >= 4 is 35.6 Å². The van der Waals surface area contributed by atoms with Crippen molar-refractivity contribution in [2.75, 3.05) is 11.4 Å². The largest absolute Gasteiger partial charge is 0.305 e. The van der Waals surface area contributed by atoms with E-state index in [1.165, 1.54) is 22.3 Å². The molecule has 0 unspecified atom stereocenters. The van der Waals surface area contributed by atoms with E-state index in [4.69, 9.17) is 0 Å². The van der Waals surface area contributed by atoms with Crippen molar-refractivity contribution in [1.82, 2.24) is 0 Å². The zero-order chi connectivity index (χ0) is 13.1. The number of para-hydroxylation sites is 1. The van der Waals surface area contributed by atoms with E-state index in [0.717, 1.165) is 4.90 Å². The van der Waals surface area contributed by atoms with Crippen LogP contribution in [0.2, 0.25) is 0 Å². The Hall–Kier alpha value is -1.33. The van der Waals surface area contributed by atoms with E-state index in [-0.39, 0.29) is 5.91 Å². The molecule has 0 spiro atoms. The molecule has 2 rings (SSSR count). The highest BCUT2D eigenvalue weighted by atomic mass is 32.1. The van der Waals surface area contributed by atoms with E-state index in [1.54, 1.807) is 29.6 Å². The first kappa shape index (κ1) is 13.1. The van der Waals surface area contributed by atoms with E-state index in [0.29, 0.717) is 17.1 Å². The first-order chi connectivity index (χ1) is 8.63. The SMILES string of the molecule is CCN(C(=O)c1cc(S)cs1)c1ccccc1F. The van der Waals surface area contributed by atoms with Crippen molar-refractivity contribution in [3.8, 4) is 0 Å². The third kappa shape index (κ3) is 2.57. The van der Waals surface area contributed by atoms with E-state index >= 15 is 0 Å². The lowest BCUT2D eigenvalue weighted by molar-refractivity contribution is 0.0991. The van der Waals surface area contributed by atoms with Crippen molar-refractivity contribution in [2.45, 2.75) is 11.8 Å². The maximum Gasteiger partial charge on any atom is 0.268 e. The summed E-state index contributed by atoms with van der Waals surface area (Å²) in [6.45, 7) is 2.24. The van der Waals surface area contributed by atoms with Gasteiger partial charge in [-0.25, -0.2) is 4.39 Å². The lowest BCUT2D eigenvalue weighted by Gasteiger charge is -2.20. The fourth-order valence-electron chi connectivity index (χ4n) is 1.67. The Morgan fingerprint density at radius 2 is 2.17 bits per heavy atom. The van der Waals surface area contributed by atoms with Crippen molar-refractivity contribution in [3.05, 3.63) is 46.4 Å². The lowest BCUT2D eigenvalue weighted by Crippen LogP contribution is -2.30. The molecule has 0 atom stereocenters. The number of thiophene rings is 1. The molecule has 0 aliphatic heterocycles. The summed E-state index contributed by atoms with van der Waals surface area (Å²) in [5.74, 6) is -0.594. The summed E-state index contributed by atoms with van der Waals surface area (Å²) >= 11 is 5.48. The molecular formula is C13H12FNOS2. The van der Waals surface area contributed by atoms with Crippen molar-refractivity contribution < 1.29 is 9.18 Å². The van der Waals surface area contributed by atoms with Gasteiger partial charge in [-0.15, -0.1) is 24.0 Å². The van der Waals surface area contributed by atoms with Gasteiger partial charge in [-0.3, -0.25) is 4.79 Å². The summed E-state index contributed by atoms with van der Waals surface area (Å²) in [6, 6.07) is 7.97. The summed E-state index contributed by atoms with van der Waals surface area (Å²) in [5, 5.41) is 1.78. The van der Waals surface area contributed by atoms with Gasteiger partial charge in [0.25, 0.3) is 5.91 Å². The molecule has 18 heavy (non-hydrogen) atoms. The van der Waals surface area contributed by atoms with Gasteiger partial charge in [-0.05, 0) is 25.1 Å². The van der Waals surface area contributed by atoms with Crippen molar-refractivity contribution in [1.29, 1.82) is 0 Å². The summed E-state index contributed by atoms with van der Waals surface area (Å²) in [7, 11) is 0. The highest BCUT2D eigenvalue weighted by molar-refractivity contribution is 7.80. The molecule has 1 heterocycles. The molecule has 0 saturated heterocycles. The van der Waals surface area contributed by atoms with Crippen LogP contribution in [0.1, 0.15) is 16.6 Å². The zero-order valence-electron chi connectivity index (χ0n) is 9.76. The van der Waals surface area contributed by atoms with Crippen molar-refractivity contribution in [3.63, 3.8) is 0 Å². The topological polar surface area (TPSA) is 20.3 Å². The van der Waals surface area contributed by atoms with Crippen molar-refractivity contribution in [2.24, 2.45) is 0 Å². The van der Waals surface area contributed by atoms with Crippen LogP contribution in [0.5, 0.6) is 0 Å². The molecule has 0 radical (unpaired) electrons. The number of nitrogens with zero attached hydrogens (tertiary/aromatic N) is 1. The van der Waals surface area contributed by atoms with Crippen LogP contribution >= 0.6 is 24.0 Å². The second-order valence-electron chi connectivity index (χ2n) is 3.67. The average Bonchev–Trinajstić information content (AvgIpc) is 2.79. The molecule has 1 aromatic heterocycles. The first-order valence-corrected chi connectivity index (χ1v) is 6.80. The maximum atomic E-state index is 13.7. The minimum absolute atomic E-state index is 0.201. The van der Waals surface area contributed by atoms with Gasteiger partial charge in [0.2, 0.25) is 0 Å². The average molecular weight is 281 g/mol. The summed E-state index contributed by atoms with van der Waals surface area (Å²) in [6.07, 6.45) is 0. The minimum atomic E-state index is -0.393. The van der Waals surface area contributed by atoms with Crippen LogP contribution in [0, 0.1) is 5.82 Å². The Bertz CT molecular complexity index is 568. The fourth-order valence-corrected chi connectivity index (χ4v) is 2.76. The van der Waals surface area contributed by atoms with Gasteiger partial charge in [0.15, 0.2) is 0 Å². The molecule has 0 aliphatic rings. The standard InChI is InChI=1S/C13H12FNOS2/c1-2-15(11-6-4-3-5-10(11)14)13(16)12-7-9(17)8-18-12/h3-8,17H,2H2,1H3. The fraction of sp³-hybridized carbons (Fsp3) is 0.154. The highest BCUT2D eigenvalue weighted by Gasteiger charge is 2.19. The summed E-state index contributed by atoms with van der Waals surface area (Å²) in [4.78, 5) is 15.0. The summed E-state index contributed by atoms with van der Waals surface area (Å²) in [5.41, 5.74) is 0.305. The number of hydrogen-bond acceptors (Lipinski definition) is 3. The molecule has 5 heteroatoms. The third-order valence-corrected chi connectivity index (χ3v) is 3.85. The normalized spacial score (nSPS) is 10.4. The molecule has 2 nitrogen and oxygen atoms in total. The zero-order valence-corrected chi connectivity index (χ0v) is 11.5. The minimum Gasteiger partial charge on any atom is -0.305 e. The van der Waals surface area contributed by atoms with E-state index < -0.39 is 5.82 Å². The second-order valence-corrected chi connectivity index (χ2v) is 5.10. The molecule has 0 bridgehead atoms. The van der Waals surface area contributed by atoms with Gasteiger partial charge in [0, 0.05) is 16.8 Å². The first-order valence-electron chi connectivity index (χ1n) is 5.47. The lowest BCUT2D eigenvalue weighted by atomic mass is 10.2. The predicted molar refractivity (Wildman–Crippen MR) is 75.3 cm³/mol. The molecule has 2 aromatic rings. The Balaban J connectivity index is 2.35. The molecule has 0 saturated carbocycles. The van der Waals surface area contributed by atoms with Crippen LogP contribution in [0.3, 0.4) is 0 Å². The van der Waals surface area contributed by atoms with Gasteiger partial charge in [0.1, 0.15) is 5.82 Å². The number of halogens is 1. The number of rotatable bonds is 3. The molecule has 0 fully saturated rings. The molecule has 0 aliphatic carbocycles. The molecule has 94 valence electrons. The van der Waals surface area contributed by atoms with Crippen LogP contribution in [0.15, 0.2) is 40.6 Å². The van der Waals surface area contributed by atoms with Crippen LogP contribution in [0.4, 0.5) is 10.1 Å². The van der Waals surface area contributed by atoms with Crippen LogP contribution in [0.25, 0.3) is 0 Å². The van der Waals surface area contributed by atoms with Crippen LogP contribution in [-0.4, -0.2) is 12.5 Å². The molecule has 1 amide bonds. The van der Waals surface area contributed by atoms with Crippen LogP contribution in [-0.2, 0) is 0 Å². The number of anilines is 1. The number of benzene rings is 1. The smallest absolute Gasteiger partial charge is 0.268 e. The molecule has 1 aromatic carbocycles. The van der Waals surface area contributed by atoms with Crippen LogP contribution < -0.4 is 4.90 Å². The van der Waals surface area contributed by atoms with E-state index in [9.17, 15) is 9.18 Å². The highest BCUT2D eigenvalue weighted by Crippen LogP contribution is 2.24. The van der Waals surface area contributed by atoms with E-state index in [1.807, 2.05) is 6.92 Å². The Morgan fingerprint density at radius 1 is 1.44 bits per heavy atom. The van der Waals surface area contributed by atoms with Gasteiger partial charge in [0.05, 0.1) is 10.6 Å². The predicted octanol–water partition coefficient (Wildman–Crippen LogP) is 3.84. The summed E-state index contributed by atoms with van der Waals surface area (Å²) < 4.78 is 13.7. The molecular weight excluding hydrogens is 269 g/mol.